The summed E-state index contributed by atoms with van der Waals surface area (Å²) >= 11 is 0. The predicted octanol–water partition coefficient (Wildman–Crippen LogP) is 3.86. The number of nitrogens with one attached hydrogen (secondary N) is 1. The van der Waals surface area contributed by atoms with Crippen LogP contribution in [0.5, 0.6) is 0 Å². The quantitative estimate of drug-likeness (QED) is 0.636. The zero-order chi connectivity index (χ0) is 14.8. The third kappa shape index (κ3) is 2.51. The lowest BCUT2D eigenvalue weighted by atomic mass is 10.1. The smallest absolute Gasteiger partial charge is 0.337 e. The molecule has 0 aliphatic rings. The Labute approximate surface area is 121 Å². The van der Waals surface area contributed by atoms with Crippen LogP contribution in [0.4, 0.5) is 17.1 Å². The van der Waals surface area contributed by atoms with Crippen molar-refractivity contribution in [3.63, 3.8) is 0 Å². The maximum Gasteiger partial charge on any atom is 0.337 e. The van der Waals surface area contributed by atoms with Crippen LogP contribution in [-0.4, -0.2) is 11.1 Å². The van der Waals surface area contributed by atoms with E-state index in [1.54, 1.807) is 12.1 Å². The molecule has 3 rings (SSSR count). The highest BCUT2D eigenvalue weighted by atomic mass is 16.4. The fraction of sp³-hybridized carbons (Fsp3) is 0. The molecule has 0 heterocycles. The summed E-state index contributed by atoms with van der Waals surface area (Å²) in [5.74, 6) is -1.01. The van der Waals surface area contributed by atoms with E-state index in [2.05, 4.69) is 5.32 Å². The second kappa shape index (κ2) is 5.17. The van der Waals surface area contributed by atoms with Gasteiger partial charge in [-0.1, -0.05) is 36.4 Å². The molecule has 3 aromatic carbocycles. The highest BCUT2D eigenvalue weighted by Crippen LogP contribution is 2.28. The van der Waals surface area contributed by atoms with E-state index < -0.39 is 5.97 Å². The molecule has 4 nitrogen and oxygen atoms in total. The van der Waals surface area contributed by atoms with Crippen molar-refractivity contribution >= 4 is 33.8 Å². The van der Waals surface area contributed by atoms with E-state index in [4.69, 9.17) is 5.73 Å². The zero-order valence-corrected chi connectivity index (χ0v) is 11.2. The zero-order valence-electron chi connectivity index (χ0n) is 11.2. The van der Waals surface area contributed by atoms with Crippen molar-refractivity contribution < 1.29 is 9.90 Å². The standard InChI is InChI=1S/C17H14N2O2/c18-12-8-9-16(14(10-12)17(20)21)19-15-7-3-5-11-4-1-2-6-13(11)15/h1-10,19H,18H2,(H,20,21). The lowest BCUT2D eigenvalue weighted by Crippen LogP contribution is -2.04. The number of benzene rings is 3. The molecule has 0 radical (unpaired) electrons. The van der Waals surface area contributed by atoms with Crippen molar-refractivity contribution in [3.05, 3.63) is 66.2 Å². The van der Waals surface area contributed by atoms with E-state index in [1.165, 1.54) is 6.07 Å². The van der Waals surface area contributed by atoms with E-state index in [0.29, 0.717) is 11.4 Å². The van der Waals surface area contributed by atoms with Crippen molar-refractivity contribution in [2.75, 3.05) is 11.1 Å². The first kappa shape index (κ1) is 13.0. The summed E-state index contributed by atoms with van der Waals surface area (Å²) in [6, 6.07) is 18.6. The molecular formula is C17H14N2O2. The Kier molecular flexibility index (Phi) is 3.20. The minimum atomic E-state index is -1.01. The number of nitrogen functional groups attached to an aromatic ring is 1. The first-order chi connectivity index (χ1) is 10.1. The van der Waals surface area contributed by atoms with Crippen LogP contribution in [0.15, 0.2) is 60.7 Å². The Bertz CT molecular complexity index is 823. The molecule has 0 spiro atoms. The van der Waals surface area contributed by atoms with Crippen LogP contribution in [0, 0.1) is 0 Å². The van der Waals surface area contributed by atoms with Gasteiger partial charge in [-0.2, -0.15) is 0 Å². The van der Waals surface area contributed by atoms with Crippen LogP contribution in [0.25, 0.3) is 10.8 Å². The molecule has 0 amide bonds. The number of hydrogen-bond acceptors (Lipinski definition) is 3. The molecule has 0 atom stereocenters. The SMILES string of the molecule is Nc1ccc(Nc2cccc3ccccc23)c(C(=O)O)c1. The Morgan fingerprint density at radius 2 is 1.71 bits per heavy atom. The van der Waals surface area contributed by atoms with Crippen LogP contribution in [0.2, 0.25) is 0 Å². The fourth-order valence-electron chi connectivity index (χ4n) is 2.33. The summed E-state index contributed by atoms with van der Waals surface area (Å²) in [4.78, 5) is 11.3. The van der Waals surface area contributed by atoms with Crippen molar-refractivity contribution in [1.29, 1.82) is 0 Å². The number of carbonyl (C=O) groups is 1. The molecule has 3 aromatic rings. The molecule has 104 valence electrons. The monoisotopic (exact) mass is 278 g/mol. The van der Waals surface area contributed by atoms with Gasteiger partial charge in [0.25, 0.3) is 0 Å². The number of nitrogens with two attached hydrogens (primary N) is 1. The first-order valence-electron chi connectivity index (χ1n) is 6.53. The van der Waals surface area contributed by atoms with Gasteiger partial charge >= 0.3 is 5.97 Å². The summed E-state index contributed by atoms with van der Waals surface area (Å²) in [6.07, 6.45) is 0. The minimum absolute atomic E-state index is 0.155. The summed E-state index contributed by atoms with van der Waals surface area (Å²) in [6.45, 7) is 0. The van der Waals surface area contributed by atoms with E-state index in [1.807, 2.05) is 42.5 Å². The summed E-state index contributed by atoms with van der Waals surface area (Å²) in [5.41, 5.74) is 7.62. The van der Waals surface area contributed by atoms with Gasteiger partial charge in [0, 0.05) is 16.8 Å². The highest BCUT2D eigenvalue weighted by Gasteiger charge is 2.11. The van der Waals surface area contributed by atoms with Crippen LogP contribution in [0.1, 0.15) is 10.4 Å². The lowest BCUT2D eigenvalue weighted by Gasteiger charge is -2.12. The molecule has 0 saturated carbocycles. The maximum atomic E-state index is 11.3. The van der Waals surface area contributed by atoms with Gasteiger partial charge in [0.15, 0.2) is 0 Å². The van der Waals surface area contributed by atoms with Gasteiger partial charge in [-0.3, -0.25) is 0 Å². The average molecular weight is 278 g/mol. The fourth-order valence-corrected chi connectivity index (χ4v) is 2.33. The van der Waals surface area contributed by atoms with E-state index >= 15 is 0 Å². The van der Waals surface area contributed by atoms with Crippen LogP contribution < -0.4 is 11.1 Å². The molecule has 0 unspecified atom stereocenters. The third-order valence-corrected chi connectivity index (χ3v) is 3.33. The van der Waals surface area contributed by atoms with Crippen molar-refractivity contribution in [2.24, 2.45) is 0 Å². The number of aromatic carboxylic acids is 1. The lowest BCUT2D eigenvalue weighted by molar-refractivity contribution is 0.0698. The Morgan fingerprint density at radius 3 is 2.52 bits per heavy atom. The van der Waals surface area contributed by atoms with Gasteiger partial charge in [0.2, 0.25) is 0 Å². The Hall–Kier alpha value is -3.01. The largest absolute Gasteiger partial charge is 0.478 e. The van der Waals surface area contributed by atoms with Gasteiger partial charge in [-0.05, 0) is 29.7 Å². The van der Waals surface area contributed by atoms with Crippen LogP contribution in [-0.2, 0) is 0 Å². The van der Waals surface area contributed by atoms with Crippen molar-refractivity contribution in [1.82, 2.24) is 0 Å². The molecule has 0 saturated heterocycles. The summed E-state index contributed by atoms with van der Waals surface area (Å²) in [5, 5.41) is 14.6. The number of fused-ring (bicyclic) bond motifs is 1. The molecule has 0 fully saturated rings. The van der Waals surface area contributed by atoms with Gasteiger partial charge in [0.1, 0.15) is 0 Å². The number of anilines is 3. The number of rotatable bonds is 3. The average Bonchev–Trinajstić information content (AvgIpc) is 2.49. The molecule has 0 aliphatic heterocycles. The van der Waals surface area contributed by atoms with Crippen LogP contribution in [0.3, 0.4) is 0 Å². The number of carboxylic acids is 1. The highest BCUT2D eigenvalue weighted by molar-refractivity contribution is 6.00. The topological polar surface area (TPSA) is 75.3 Å². The first-order valence-corrected chi connectivity index (χ1v) is 6.53. The van der Waals surface area contributed by atoms with E-state index in [-0.39, 0.29) is 5.56 Å². The minimum Gasteiger partial charge on any atom is -0.478 e. The third-order valence-electron chi connectivity index (χ3n) is 3.33. The Morgan fingerprint density at radius 1 is 0.952 bits per heavy atom. The second-order valence-corrected chi connectivity index (χ2v) is 4.76. The molecular weight excluding hydrogens is 264 g/mol. The van der Waals surface area contributed by atoms with Crippen molar-refractivity contribution in [3.8, 4) is 0 Å². The van der Waals surface area contributed by atoms with E-state index in [0.717, 1.165) is 16.5 Å². The van der Waals surface area contributed by atoms with Gasteiger partial charge in [-0.15, -0.1) is 0 Å². The normalized spacial score (nSPS) is 10.5. The summed E-state index contributed by atoms with van der Waals surface area (Å²) in [7, 11) is 0. The number of carboxylic acid groups (broad SMARTS) is 1. The van der Waals surface area contributed by atoms with Crippen LogP contribution >= 0.6 is 0 Å². The molecule has 0 bridgehead atoms. The molecule has 4 N–H and O–H groups in total. The maximum absolute atomic E-state index is 11.3. The molecule has 0 aromatic heterocycles. The van der Waals surface area contributed by atoms with Gasteiger partial charge in [0.05, 0.1) is 11.3 Å². The predicted molar refractivity (Wildman–Crippen MR) is 85.0 cm³/mol. The Balaban J connectivity index is 2.09. The molecule has 0 aliphatic carbocycles. The summed E-state index contributed by atoms with van der Waals surface area (Å²) < 4.78 is 0. The number of hydrogen-bond donors (Lipinski definition) is 3. The molecule has 21 heavy (non-hydrogen) atoms. The van der Waals surface area contributed by atoms with E-state index in [9.17, 15) is 9.90 Å². The van der Waals surface area contributed by atoms with Crippen molar-refractivity contribution in [2.45, 2.75) is 0 Å². The van der Waals surface area contributed by atoms with Gasteiger partial charge < -0.3 is 16.2 Å². The van der Waals surface area contributed by atoms with Gasteiger partial charge in [-0.25, -0.2) is 4.79 Å². The second-order valence-electron chi connectivity index (χ2n) is 4.76. The molecule has 4 heteroatoms.